The van der Waals surface area contributed by atoms with E-state index >= 15 is 0 Å². The van der Waals surface area contributed by atoms with Crippen molar-refractivity contribution in [3.05, 3.63) is 27.8 Å². The number of hydrogen-bond donors (Lipinski definition) is 2. The lowest BCUT2D eigenvalue weighted by Gasteiger charge is -2.38. The monoisotopic (exact) mass is 346 g/mol. The standard InChI is InChI=1S/C12H15IN2O2/c1-12(7-14-8-12)17-6-11(16)15-10-4-2-3-9(13)5-10/h2-5,14H,6-8H2,1H3,(H,15,16). The van der Waals surface area contributed by atoms with Crippen LogP contribution in [0.2, 0.25) is 0 Å². The van der Waals surface area contributed by atoms with Crippen molar-refractivity contribution in [1.82, 2.24) is 5.32 Å². The van der Waals surface area contributed by atoms with E-state index in [0.29, 0.717) is 0 Å². The van der Waals surface area contributed by atoms with Crippen molar-refractivity contribution < 1.29 is 9.53 Å². The van der Waals surface area contributed by atoms with Crippen LogP contribution in [0.3, 0.4) is 0 Å². The summed E-state index contributed by atoms with van der Waals surface area (Å²) in [5.41, 5.74) is 0.630. The van der Waals surface area contributed by atoms with Gasteiger partial charge in [-0.1, -0.05) is 6.07 Å². The number of carbonyl (C=O) groups is 1. The first kappa shape index (κ1) is 12.8. The highest BCUT2D eigenvalue weighted by Gasteiger charge is 2.32. The van der Waals surface area contributed by atoms with Crippen LogP contribution in [-0.2, 0) is 9.53 Å². The zero-order valence-electron chi connectivity index (χ0n) is 9.63. The second kappa shape index (κ2) is 5.32. The number of ether oxygens (including phenoxy) is 1. The minimum atomic E-state index is -0.178. The molecular weight excluding hydrogens is 331 g/mol. The Morgan fingerprint density at radius 3 is 2.94 bits per heavy atom. The fourth-order valence-corrected chi connectivity index (χ4v) is 2.13. The van der Waals surface area contributed by atoms with E-state index in [4.69, 9.17) is 4.74 Å². The van der Waals surface area contributed by atoms with Crippen molar-refractivity contribution in [3.8, 4) is 0 Å². The van der Waals surface area contributed by atoms with Crippen LogP contribution in [0.15, 0.2) is 24.3 Å². The van der Waals surface area contributed by atoms with E-state index in [1.54, 1.807) is 0 Å². The zero-order valence-corrected chi connectivity index (χ0v) is 11.8. The second-order valence-electron chi connectivity index (χ2n) is 4.40. The Morgan fingerprint density at radius 1 is 1.59 bits per heavy atom. The van der Waals surface area contributed by atoms with Crippen LogP contribution < -0.4 is 10.6 Å². The van der Waals surface area contributed by atoms with Crippen LogP contribution in [0.5, 0.6) is 0 Å². The average molecular weight is 346 g/mol. The Hall–Kier alpha value is -0.660. The van der Waals surface area contributed by atoms with E-state index in [0.717, 1.165) is 22.3 Å². The molecule has 1 saturated heterocycles. The Labute approximate surface area is 114 Å². The smallest absolute Gasteiger partial charge is 0.250 e. The molecule has 1 aliphatic rings. The van der Waals surface area contributed by atoms with Gasteiger partial charge in [0.2, 0.25) is 5.91 Å². The third-order valence-electron chi connectivity index (χ3n) is 2.66. The molecule has 0 atom stereocenters. The number of halogens is 1. The minimum Gasteiger partial charge on any atom is -0.363 e. The summed E-state index contributed by atoms with van der Waals surface area (Å²) in [4.78, 5) is 11.7. The molecule has 2 N–H and O–H groups in total. The number of rotatable bonds is 4. The summed E-state index contributed by atoms with van der Waals surface area (Å²) in [6, 6.07) is 7.68. The summed E-state index contributed by atoms with van der Waals surface area (Å²) >= 11 is 2.21. The van der Waals surface area contributed by atoms with Gasteiger partial charge in [0.05, 0.1) is 5.60 Å². The highest BCUT2D eigenvalue weighted by Crippen LogP contribution is 2.16. The van der Waals surface area contributed by atoms with Gasteiger partial charge in [-0.2, -0.15) is 0 Å². The summed E-state index contributed by atoms with van der Waals surface area (Å²) in [6.07, 6.45) is 0. The molecule has 0 saturated carbocycles. The first-order valence-electron chi connectivity index (χ1n) is 5.48. The van der Waals surface area contributed by atoms with Gasteiger partial charge in [-0.05, 0) is 47.7 Å². The van der Waals surface area contributed by atoms with Gasteiger partial charge in [0.1, 0.15) is 6.61 Å². The summed E-state index contributed by atoms with van der Waals surface area (Å²) < 4.78 is 6.65. The number of benzene rings is 1. The van der Waals surface area contributed by atoms with Crippen molar-refractivity contribution in [3.63, 3.8) is 0 Å². The molecule has 5 heteroatoms. The third-order valence-corrected chi connectivity index (χ3v) is 3.33. The normalized spacial score (nSPS) is 17.3. The first-order chi connectivity index (χ1) is 8.07. The molecular formula is C12H15IN2O2. The molecule has 0 spiro atoms. The predicted molar refractivity (Wildman–Crippen MR) is 75.0 cm³/mol. The maximum Gasteiger partial charge on any atom is 0.250 e. The van der Waals surface area contributed by atoms with Crippen LogP contribution in [0.25, 0.3) is 0 Å². The van der Waals surface area contributed by atoms with E-state index in [1.165, 1.54) is 0 Å². The lowest BCUT2D eigenvalue weighted by Crippen LogP contribution is -2.59. The number of carbonyl (C=O) groups excluding carboxylic acids is 1. The maximum absolute atomic E-state index is 11.7. The lowest BCUT2D eigenvalue weighted by molar-refractivity contribution is -0.130. The highest BCUT2D eigenvalue weighted by molar-refractivity contribution is 14.1. The van der Waals surface area contributed by atoms with Gasteiger partial charge in [0, 0.05) is 22.3 Å². The van der Waals surface area contributed by atoms with E-state index in [9.17, 15) is 4.79 Å². The second-order valence-corrected chi connectivity index (χ2v) is 5.65. The molecule has 0 unspecified atom stereocenters. The number of amides is 1. The van der Waals surface area contributed by atoms with Gasteiger partial charge in [-0.15, -0.1) is 0 Å². The maximum atomic E-state index is 11.7. The summed E-state index contributed by atoms with van der Waals surface area (Å²) in [6.45, 7) is 3.72. The topological polar surface area (TPSA) is 50.4 Å². The SMILES string of the molecule is CC1(OCC(=O)Nc2cccc(I)c2)CNC1. The fraction of sp³-hybridized carbons (Fsp3) is 0.417. The Bertz CT molecular complexity index is 419. The van der Waals surface area contributed by atoms with E-state index in [2.05, 4.69) is 33.2 Å². The zero-order chi connectivity index (χ0) is 12.3. The lowest BCUT2D eigenvalue weighted by atomic mass is 10.0. The molecule has 1 fully saturated rings. The first-order valence-corrected chi connectivity index (χ1v) is 6.55. The van der Waals surface area contributed by atoms with E-state index in [-0.39, 0.29) is 18.1 Å². The Morgan fingerprint density at radius 2 is 2.35 bits per heavy atom. The van der Waals surface area contributed by atoms with Crippen LogP contribution in [0.4, 0.5) is 5.69 Å². The molecule has 0 bridgehead atoms. The summed E-state index contributed by atoms with van der Waals surface area (Å²) in [7, 11) is 0. The molecule has 4 nitrogen and oxygen atoms in total. The molecule has 92 valence electrons. The number of nitrogens with one attached hydrogen (secondary N) is 2. The molecule has 1 amide bonds. The molecule has 0 aliphatic carbocycles. The van der Waals surface area contributed by atoms with E-state index in [1.807, 2.05) is 31.2 Å². The van der Waals surface area contributed by atoms with E-state index < -0.39 is 0 Å². The summed E-state index contributed by atoms with van der Waals surface area (Å²) in [5, 5.41) is 5.94. The minimum absolute atomic E-state index is 0.101. The molecule has 17 heavy (non-hydrogen) atoms. The molecule has 1 heterocycles. The number of anilines is 1. The third kappa shape index (κ3) is 3.65. The molecule has 1 aliphatic heterocycles. The van der Waals surface area contributed by atoms with Gasteiger partial charge in [-0.3, -0.25) is 4.79 Å². The molecule has 0 aromatic heterocycles. The van der Waals surface area contributed by atoms with Crippen LogP contribution in [0.1, 0.15) is 6.92 Å². The molecule has 2 rings (SSSR count). The molecule has 0 radical (unpaired) electrons. The Kier molecular flexibility index (Phi) is 4.01. The highest BCUT2D eigenvalue weighted by atomic mass is 127. The van der Waals surface area contributed by atoms with Crippen molar-refractivity contribution in [2.45, 2.75) is 12.5 Å². The average Bonchev–Trinajstić information content (AvgIpc) is 2.24. The van der Waals surface area contributed by atoms with Crippen molar-refractivity contribution in [2.24, 2.45) is 0 Å². The molecule has 1 aromatic rings. The van der Waals surface area contributed by atoms with Crippen molar-refractivity contribution >= 4 is 34.2 Å². The van der Waals surface area contributed by atoms with Gasteiger partial charge in [0.25, 0.3) is 0 Å². The number of hydrogen-bond acceptors (Lipinski definition) is 3. The van der Waals surface area contributed by atoms with Gasteiger partial charge in [-0.25, -0.2) is 0 Å². The predicted octanol–water partition coefficient (Wildman–Crippen LogP) is 1.61. The molecule has 1 aromatic carbocycles. The van der Waals surface area contributed by atoms with Crippen molar-refractivity contribution in [2.75, 3.05) is 25.0 Å². The fourth-order valence-electron chi connectivity index (χ4n) is 1.58. The largest absolute Gasteiger partial charge is 0.363 e. The van der Waals surface area contributed by atoms with Crippen LogP contribution >= 0.6 is 22.6 Å². The van der Waals surface area contributed by atoms with Gasteiger partial charge in [0.15, 0.2) is 0 Å². The van der Waals surface area contributed by atoms with Crippen molar-refractivity contribution in [1.29, 1.82) is 0 Å². The van der Waals surface area contributed by atoms with Crippen LogP contribution in [0, 0.1) is 3.57 Å². The summed E-state index contributed by atoms with van der Waals surface area (Å²) in [5.74, 6) is -0.111. The Balaban J connectivity index is 1.81. The van der Waals surface area contributed by atoms with Gasteiger partial charge < -0.3 is 15.4 Å². The van der Waals surface area contributed by atoms with Crippen LogP contribution in [-0.4, -0.2) is 31.2 Å². The van der Waals surface area contributed by atoms with Gasteiger partial charge >= 0.3 is 0 Å². The quantitative estimate of drug-likeness (QED) is 0.815.